The number of halogens is 4. The van der Waals surface area contributed by atoms with Gasteiger partial charge in [-0.15, -0.1) is 12.4 Å². The molecule has 0 radical (unpaired) electrons. The molecule has 200 valence electrons. The average Bonchev–Trinajstić information content (AvgIpc) is 3.31. The van der Waals surface area contributed by atoms with Crippen LogP contribution in [0.25, 0.3) is 0 Å². The molecule has 0 saturated carbocycles. The minimum absolute atomic E-state index is 0. The number of amides is 2. The number of sulfonamides is 1. The summed E-state index contributed by atoms with van der Waals surface area (Å²) in [5.74, 6) is 0. The number of sulfone groups is 1. The first-order valence-corrected chi connectivity index (χ1v) is 13.5. The molecule has 2 aromatic carbocycles. The van der Waals surface area contributed by atoms with E-state index in [1.165, 1.54) is 36.2 Å². The first-order valence-electron chi connectivity index (χ1n) is 10.6. The van der Waals surface area contributed by atoms with Crippen LogP contribution in [0.1, 0.15) is 12.0 Å². The number of nitrogens with zero attached hydrogens (tertiary/aromatic N) is 1. The lowest BCUT2D eigenvalue weighted by Crippen LogP contribution is -2.46. The van der Waals surface area contributed by atoms with Crippen LogP contribution in [0.5, 0.6) is 0 Å². The zero-order valence-electron chi connectivity index (χ0n) is 19.1. The molecule has 15 heteroatoms. The smallest absolute Gasteiger partial charge is 0.334 e. The first-order chi connectivity index (χ1) is 16.3. The molecule has 1 fully saturated rings. The first kappa shape index (κ1) is 29.8. The van der Waals surface area contributed by atoms with E-state index in [2.05, 4.69) is 10.6 Å². The summed E-state index contributed by atoms with van der Waals surface area (Å²) in [6.45, 7) is 0.848. The molecular formula is C21H26ClF3N4O5S2. The fraction of sp³-hybridized carbons (Fsp3) is 0.381. The number of hydrogen-bond acceptors (Lipinski definition) is 6. The Bertz CT molecular complexity index is 1270. The highest BCUT2D eigenvalue weighted by Gasteiger charge is 2.38. The van der Waals surface area contributed by atoms with Crippen LogP contribution >= 0.6 is 12.4 Å². The molecule has 1 atom stereocenters. The van der Waals surface area contributed by atoms with Crippen molar-refractivity contribution in [2.45, 2.75) is 33.3 Å². The number of alkyl halides is 3. The third kappa shape index (κ3) is 7.09. The topological polar surface area (TPSA) is 125 Å². The summed E-state index contributed by atoms with van der Waals surface area (Å²) in [7, 11) is -7.64. The summed E-state index contributed by atoms with van der Waals surface area (Å²) >= 11 is 0. The van der Waals surface area contributed by atoms with Crippen molar-refractivity contribution < 1.29 is 34.8 Å². The van der Waals surface area contributed by atoms with Crippen LogP contribution in [0, 0.1) is 0 Å². The van der Waals surface area contributed by atoms with Crippen molar-refractivity contribution in [2.75, 3.05) is 33.2 Å². The molecule has 0 aliphatic carbocycles. The van der Waals surface area contributed by atoms with Crippen LogP contribution in [0.15, 0.2) is 63.2 Å². The van der Waals surface area contributed by atoms with Gasteiger partial charge in [0.2, 0.25) is 19.9 Å². The van der Waals surface area contributed by atoms with Gasteiger partial charge in [0.25, 0.3) is 0 Å². The second-order valence-electron chi connectivity index (χ2n) is 7.93. The number of nitrogens with one attached hydrogen (secondary N) is 3. The van der Waals surface area contributed by atoms with E-state index >= 15 is 0 Å². The number of carbonyl (C=O) groups excluding carboxylic acids is 1. The van der Waals surface area contributed by atoms with Gasteiger partial charge in [0, 0.05) is 32.7 Å². The molecule has 3 N–H and O–H groups in total. The van der Waals surface area contributed by atoms with Crippen molar-refractivity contribution >= 4 is 38.3 Å². The van der Waals surface area contributed by atoms with Gasteiger partial charge in [-0.1, -0.05) is 18.2 Å². The van der Waals surface area contributed by atoms with Crippen molar-refractivity contribution in [3.05, 3.63) is 54.1 Å². The summed E-state index contributed by atoms with van der Waals surface area (Å²) in [4.78, 5) is 11.4. The summed E-state index contributed by atoms with van der Waals surface area (Å²) in [6.07, 6.45) is -4.31. The van der Waals surface area contributed by atoms with Crippen molar-refractivity contribution in [1.29, 1.82) is 0 Å². The van der Waals surface area contributed by atoms with Gasteiger partial charge in [0.05, 0.1) is 20.2 Å². The lowest BCUT2D eigenvalue weighted by Gasteiger charge is -2.21. The Balaban J connectivity index is 0.00000456. The van der Waals surface area contributed by atoms with Gasteiger partial charge >= 0.3 is 12.2 Å². The van der Waals surface area contributed by atoms with E-state index < -0.39 is 47.4 Å². The van der Waals surface area contributed by atoms with Crippen LogP contribution in [0.3, 0.4) is 0 Å². The maximum atomic E-state index is 13.6. The van der Waals surface area contributed by atoms with Crippen LogP contribution in [0.4, 0.5) is 18.0 Å². The van der Waals surface area contributed by atoms with E-state index in [9.17, 15) is 34.8 Å². The van der Waals surface area contributed by atoms with E-state index in [0.29, 0.717) is 18.7 Å². The lowest BCUT2D eigenvalue weighted by molar-refractivity contribution is -0.139. The minimum atomic E-state index is -5.05. The standard InChI is InChI=1S/C21H25F3N4O5S2.ClH/c1-28(20(29)27-15-9-10-25-14-15)12-11-26-35(32,33)19-13-17(7-8-18(19)21(22,23)24)34(30,31)16-5-3-2-4-6-16;/h2-8,13,15,25-26H,9-12,14H2,1H3,(H,27,29);1H/t15-;/m1./s1. The fourth-order valence-electron chi connectivity index (χ4n) is 3.45. The van der Waals surface area contributed by atoms with Crippen molar-refractivity contribution in [2.24, 2.45) is 0 Å². The van der Waals surface area contributed by atoms with Gasteiger partial charge in [-0.2, -0.15) is 13.2 Å². The Morgan fingerprint density at radius 1 is 1.08 bits per heavy atom. The largest absolute Gasteiger partial charge is 0.417 e. The molecule has 2 aromatic rings. The summed E-state index contributed by atoms with van der Waals surface area (Å²) < 4.78 is 94.1. The van der Waals surface area contributed by atoms with Gasteiger partial charge < -0.3 is 15.5 Å². The molecule has 0 spiro atoms. The number of benzene rings is 2. The molecule has 0 unspecified atom stereocenters. The highest BCUT2D eigenvalue weighted by molar-refractivity contribution is 7.91. The van der Waals surface area contributed by atoms with E-state index in [1.807, 2.05) is 4.72 Å². The lowest BCUT2D eigenvalue weighted by atomic mass is 10.2. The predicted octanol–water partition coefficient (Wildman–Crippen LogP) is 2.24. The van der Waals surface area contributed by atoms with Crippen molar-refractivity contribution in [3.8, 4) is 0 Å². The Kier molecular flexibility index (Phi) is 9.76. The van der Waals surface area contributed by atoms with Crippen molar-refractivity contribution in [1.82, 2.24) is 20.3 Å². The molecular weight excluding hydrogens is 545 g/mol. The van der Waals surface area contributed by atoms with Gasteiger partial charge in [0.15, 0.2) is 0 Å². The molecule has 9 nitrogen and oxygen atoms in total. The molecule has 0 bridgehead atoms. The minimum Gasteiger partial charge on any atom is -0.334 e. The molecule has 1 saturated heterocycles. The Labute approximate surface area is 213 Å². The van der Waals surface area contributed by atoms with Crippen LogP contribution < -0.4 is 15.4 Å². The van der Waals surface area contributed by atoms with E-state index in [0.717, 1.165) is 19.0 Å². The van der Waals surface area contributed by atoms with Gasteiger partial charge in [-0.25, -0.2) is 26.4 Å². The highest BCUT2D eigenvalue weighted by atomic mass is 35.5. The molecule has 2 amide bonds. The monoisotopic (exact) mass is 570 g/mol. The molecule has 1 aliphatic heterocycles. The summed E-state index contributed by atoms with van der Waals surface area (Å²) in [5.41, 5.74) is -1.50. The number of rotatable bonds is 8. The molecule has 36 heavy (non-hydrogen) atoms. The predicted molar refractivity (Wildman–Crippen MR) is 128 cm³/mol. The normalized spacial score (nSPS) is 16.3. The molecule has 1 heterocycles. The molecule has 3 rings (SSSR count). The van der Waals surface area contributed by atoms with E-state index in [-0.39, 0.29) is 36.4 Å². The SMILES string of the molecule is CN(CCNS(=O)(=O)c1cc(S(=O)(=O)c2ccccc2)ccc1C(F)(F)F)C(=O)N[C@@H]1CCNC1.Cl. The van der Waals surface area contributed by atoms with Crippen molar-refractivity contribution in [3.63, 3.8) is 0 Å². The van der Waals surface area contributed by atoms with Crippen LogP contribution in [-0.2, 0) is 26.0 Å². The maximum Gasteiger partial charge on any atom is 0.417 e. The van der Waals surface area contributed by atoms with Gasteiger partial charge in [-0.3, -0.25) is 0 Å². The second kappa shape index (κ2) is 11.8. The maximum absolute atomic E-state index is 13.6. The molecule has 1 aliphatic rings. The third-order valence-electron chi connectivity index (χ3n) is 5.39. The van der Waals surface area contributed by atoms with E-state index in [1.54, 1.807) is 6.07 Å². The third-order valence-corrected chi connectivity index (χ3v) is 8.65. The quantitative estimate of drug-likeness (QED) is 0.447. The van der Waals surface area contributed by atoms with E-state index in [4.69, 9.17) is 0 Å². The second-order valence-corrected chi connectivity index (χ2v) is 11.6. The number of hydrogen-bond donors (Lipinski definition) is 3. The zero-order valence-corrected chi connectivity index (χ0v) is 21.5. The Morgan fingerprint density at radius 2 is 1.75 bits per heavy atom. The Morgan fingerprint density at radius 3 is 2.33 bits per heavy atom. The fourth-order valence-corrected chi connectivity index (χ4v) is 6.11. The van der Waals surface area contributed by atoms with Crippen LogP contribution in [-0.4, -0.2) is 67.0 Å². The summed E-state index contributed by atoms with van der Waals surface area (Å²) in [6, 6.07) is 8.07. The van der Waals surface area contributed by atoms with Crippen LogP contribution in [0.2, 0.25) is 0 Å². The zero-order chi connectivity index (χ0) is 25.9. The number of likely N-dealkylation sites (N-methyl/N-ethyl adjacent to an activating group) is 1. The average molecular weight is 571 g/mol. The number of urea groups is 1. The Hall–Kier alpha value is -2.39. The highest BCUT2D eigenvalue weighted by Crippen LogP contribution is 2.36. The number of carbonyl (C=O) groups is 1. The molecule has 0 aromatic heterocycles. The van der Waals surface area contributed by atoms with Gasteiger partial charge in [-0.05, 0) is 43.3 Å². The van der Waals surface area contributed by atoms with Gasteiger partial charge in [0.1, 0.15) is 0 Å². The summed E-state index contributed by atoms with van der Waals surface area (Å²) in [5, 5.41) is 5.84.